The van der Waals surface area contributed by atoms with Crippen molar-refractivity contribution in [3.05, 3.63) is 35.5 Å². The molecule has 2 unspecified atom stereocenters. The van der Waals surface area contributed by atoms with Gasteiger partial charge in [0, 0.05) is 45.3 Å². The van der Waals surface area contributed by atoms with Crippen molar-refractivity contribution >= 4 is 22.4 Å². The Morgan fingerprint density at radius 1 is 1.50 bits per heavy atom. The standard InChI is InChI=1S/C22H33N5O/c1-15-6-5-9-27(13-15)21(24-3)12-19(23)22-18-11-17(10-16(2)14-28-4)7-8-20(18)25-26-22/h7-8,11-12,15-16H,5-6,9-10,13-14,23H2,1-4H3,(H,25,26). The van der Waals surface area contributed by atoms with Gasteiger partial charge >= 0.3 is 0 Å². The van der Waals surface area contributed by atoms with Gasteiger partial charge in [-0.15, -0.1) is 0 Å². The number of aromatic amines is 1. The lowest BCUT2D eigenvalue weighted by Gasteiger charge is -2.32. The number of nitrogens with one attached hydrogen (secondary N) is 1. The molecule has 1 aromatic carbocycles. The van der Waals surface area contributed by atoms with E-state index in [0.29, 0.717) is 17.5 Å². The van der Waals surface area contributed by atoms with E-state index in [2.05, 4.69) is 52.1 Å². The average Bonchev–Trinajstić information content (AvgIpc) is 3.09. The minimum absolute atomic E-state index is 0.464. The Balaban J connectivity index is 1.85. The van der Waals surface area contributed by atoms with Gasteiger partial charge in [-0.2, -0.15) is 5.10 Å². The molecule has 0 spiro atoms. The number of aliphatic imine (C=N–C) groups is 1. The lowest BCUT2D eigenvalue weighted by Crippen LogP contribution is -2.38. The number of piperidine rings is 1. The molecule has 3 N–H and O–H groups in total. The van der Waals surface area contributed by atoms with Crippen LogP contribution in [0.3, 0.4) is 0 Å². The number of hydrogen-bond acceptors (Lipinski definition) is 4. The Kier molecular flexibility index (Phi) is 6.73. The predicted octanol–water partition coefficient (Wildman–Crippen LogP) is 3.45. The van der Waals surface area contributed by atoms with Gasteiger partial charge in [0.1, 0.15) is 11.5 Å². The van der Waals surface area contributed by atoms with Crippen LogP contribution >= 0.6 is 0 Å². The summed E-state index contributed by atoms with van der Waals surface area (Å²) in [5.74, 6) is 2.08. The summed E-state index contributed by atoms with van der Waals surface area (Å²) in [7, 11) is 3.58. The molecule has 6 nitrogen and oxygen atoms in total. The highest BCUT2D eigenvalue weighted by atomic mass is 16.5. The molecule has 28 heavy (non-hydrogen) atoms. The molecule has 1 saturated heterocycles. The number of benzene rings is 1. The van der Waals surface area contributed by atoms with Gasteiger partial charge in [-0.25, -0.2) is 0 Å². The van der Waals surface area contributed by atoms with Crippen LogP contribution in [0.15, 0.2) is 29.3 Å². The van der Waals surface area contributed by atoms with Gasteiger partial charge in [-0.3, -0.25) is 10.1 Å². The van der Waals surface area contributed by atoms with Crippen LogP contribution in [0.25, 0.3) is 16.6 Å². The van der Waals surface area contributed by atoms with Crippen LogP contribution < -0.4 is 5.73 Å². The number of H-pyrrole nitrogens is 1. The second kappa shape index (κ2) is 9.24. The highest BCUT2D eigenvalue weighted by molar-refractivity contribution is 6.01. The molecule has 2 aromatic rings. The van der Waals surface area contributed by atoms with E-state index in [-0.39, 0.29) is 0 Å². The van der Waals surface area contributed by atoms with Gasteiger partial charge < -0.3 is 15.4 Å². The van der Waals surface area contributed by atoms with Gasteiger partial charge in [0.25, 0.3) is 0 Å². The molecule has 2 atom stereocenters. The number of amidine groups is 1. The van der Waals surface area contributed by atoms with Crippen LogP contribution in [0.4, 0.5) is 0 Å². The van der Waals surface area contributed by atoms with Crippen LogP contribution in [0.2, 0.25) is 0 Å². The molecule has 0 saturated carbocycles. The second-order valence-electron chi connectivity index (χ2n) is 8.09. The van der Waals surface area contributed by atoms with Gasteiger partial charge in [0.15, 0.2) is 0 Å². The van der Waals surface area contributed by atoms with Gasteiger partial charge in [-0.05, 0) is 48.8 Å². The van der Waals surface area contributed by atoms with Crippen LogP contribution in [0, 0.1) is 11.8 Å². The molecule has 1 aliphatic rings. The lowest BCUT2D eigenvalue weighted by molar-refractivity contribution is 0.159. The van der Waals surface area contributed by atoms with Gasteiger partial charge in [-0.1, -0.05) is 19.9 Å². The van der Waals surface area contributed by atoms with Crippen molar-refractivity contribution in [2.45, 2.75) is 33.1 Å². The molecule has 0 bridgehead atoms. The molecular weight excluding hydrogens is 350 g/mol. The maximum Gasteiger partial charge on any atom is 0.125 e. The zero-order valence-corrected chi connectivity index (χ0v) is 17.5. The number of likely N-dealkylation sites (tertiary alicyclic amines) is 1. The maximum atomic E-state index is 6.47. The number of hydrogen-bond donors (Lipinski definition) is 2. The first-order chi connectivity index (χ1) is 13.5. The minimum Gasteiger partial charge on any atom is -0.397 e. The van der Waals surface area contributed by atoms with E-state index >= 15 is 0 Å². The zero-order chi connectivity index (χ0) is 20.1. The van der Waals surface area contributed by atoms with E-state index in [0.717, 1.165) is 48.5 Å². The van der Waals surface area contributed by atoms with E-state index in [1.807, 2.05) is 13.1 Å². The number of nitrogens with two attached hydrogens (primary N) is 1. The third kappa shape index (κ3) is 4.73. The quantitative estimate of drug-likeness (QED) is 0.591. The summed E-state index contributed by atoms with van der Waals surface area (Å²) >= 11 is 0. The number of ether oxygens (including phenoxy) is 1. The van der Waals surface area contributed by atoms with E-state index in [4.69, 9.17) is 10.5 Å². The Labute approximate surface area is 167 Å². The largest absolute Gasteiger partial charge is 0.397 e. The zero-order valence-electron chi connectivity index (χ0n) is 17.5. The number of methoxy groups -OCH3 is 1. The molecule has 152 valence electrons. The maximum absolute atomic E-state index is 6.47. The molecule has 1 fully saturated rings. The highest BCUT2D eigenvalue weighted by Gasteiger charge is 2.19. The molecule has 6 heteroatoms. The number of rotatable bonds is 6. The Bertz CT molecular complexity index is 854. The summed E-state index contributed by atoms with van der Waals surface area (Å²) in [4.78, 5) is 6.81. The Morgan fingerprint density at radius 2 is 2.32 bits per heavy atom. The van der Waals surface area contributed by atoms with Crippen LogP contribution in [-0.2, 0) is 11.2 Å². The monoisotopic (exact) mass is 383 g/mol. The van der Waals surface area contributed by atoms with Crippen molar-refractivity contribution < 1.29 is 4.74 Å². The molecule has 1 aromatic heterocycles. The Morgan fingerprint density at radius 3 is 3.04 bits per heavy atom. The van der Waals surface area contributed by atoms with Crippen molar-refractivity contribution in [1.29, 1.82) is 0 Å². The number of nitrogens with zero attached hydrogens (tertiary/aromatic N) is 3. The molecule has 0 radical (unpaired) electrons. The summed E-state index contributed by atoms with van der Waals surface area (Å²) in [6.45, 7) is 7.30. The average molecular weight is 384 g/mol. The molecule has 1 aliphatic heterocycles. The minimum atomic E-state index is 0.464. The summed E-state index contributed by atoms with van der Waals surface area (Å²) in [5, 5.41) is 8.64. The van der Waals surface area contributed by atoms with Crippen molar-refractivity contribution in [3.63, 3.8) is 0 Å². The van der Waals surface area contributed by atoms with E-state index in [1.165, 1.54) is 18.4 Å². The summed E-state index contributed by atoms with van der Waals surface area (Å²) in [6, 6.07) is 6.41. The normalized spacial score (nSPS) is 20.0. The Hall–Kier alpha value is -2.34. The first-order valence-electron chi connectivity index (χ1n) is 10.2. The molecule has 3 rings (SSSR count). The van der Waals surface area contributed by atoms with Crippen LogP contribution in [0.1, 0.15) is 37.9 Å². The summed E-state index contributed by atoms with van der Waals surface area (Å²) < 4.78 is 5.27. The first-order valence-corrected chi connectivity index (χ1v) is 10.2. The summed E-state index contributed by atoms with van der Waals surface area (Å²) in [6.07, 6.45) is 5.41. The summed E-state index contributed by atoms with van der Waals surface area (Å²) in [5.41, 5.74) is 10.2. The fourth-order valence-electron chi connectivity index (χ4n) is 4.06. The third-order valence-corrected chi connectivity index (χ3v) is 5.43. The topological polar surface area (TPSA) is 79.5 Å². The van der Waals surface area contributed by atoms with E-state index in [9.17, 15) is 0 Å². The second-order valence-corrected chi connectivity index (χ2v) is 8.09. The predicted molar refractivity (Wildman–Crippen MR) is 116 cm³/mol. The smallest absolute Gasteiger partial charge is 0.125 e. The van der Waals surface area contributed by atoms with Crippen molar-refractivity contribution in [2.24, 2.45) is 22.6 Å². The fraction of sp³-hybridized carbons (Fsp3) is 0.545. The fourth-order valence-corrected chi connectivity index (χ4v) is 4.06. The van der Waals surface area contributed by atoms with E-state index in [1.54, 1.807) is 7.11 Å². The lowest BCUT2D eigenvalue weighted by atomic mass is 9.99. The van der Waals surface area contributed by atoms with Crippen molar-refractivity contribution in [1.82, 2.24) is 15.1 Å². The van der Waals surface area contributed by atoms with Crippen molar-refractivity contribution in [2.75, 3.05) is 33.9 Å². The van der Waals surface area contributed by atoms with E-state index < -0.39 is 0 Å². The highest BCUT2D eigenvalue weighted by Crippen LogP contribution is 2.24. The number of fused-ring (bicyclic) bond motifs is 1. The number of aromatic nitrogens is 2. The molecule has 2 heterocycles. The van der Waals surface area contributed by atoms with Crippen LogP contribution in [0.5, 0.6) is 0 Å². The van der Waals surface area contributed by atoms with Crippen molar-refractivity contribution in [3.8, 4) is 0 Å². The third-order valence-electron chi connectivity index (χ3n) is 5.43. The SMILES string of the molecule is CN=C(C=C(N)c1n[nH]c2ccc(CC(C)COC)cc12)N1CCCC(C)C1. The first kappa shape index (κ1) is 20.4. The molecule has 0 amide bonds. The van der Waals surface area contributed by atoms with Crippen LogP contribution in [-0.4, -0.2) is 54.8 Å². The van der Waals surface area contributed by atoms with Gasteiger partial charge in [0.2, 0.25) is 0 Å². The van der Waals surface area contributed by atoms with Gasteiger partial charge in [0.05, 0.1) is 11.2 Å². The molecule has 0 aliphatic carbocycles. The molecular formula is C22H33N5O.